The number of aromatic nitrogens is 3. The van der Waals surface area contributed by atoms with Gasteiger partial charge in [0.05, 0.1) is 11.4 Å². The van der Waals surface area contributed by atoms with E-state index in [0.717, 1.165) is 5.56 Å². The van der Waals surface area contributed by atoms with E-state index in [1.54, 1.807) is 48.7 Å². The number of hydrogen-bond donors (Lipinski definition) is 3. The van der Waals surface area contributed by atoms with Crippen molar-refractivity contribution in [3.8, 4) is 28.3 Å². The zero-order chi connectivity index (χ0) is 14.8. The molecule has 5 N–H and O–H groups in total. The van der Waals surface area contributed by atoms with Gasteiger partial charge in [-0.3, -0.25) is 0 Å². The van der Waals surface area contributed by atoms with Crippen molar-refractivity contribution < 1.29 is 5.11 Å². The van der Waals surface area contributed by atoms with E-state index in [2.05, 4.69) is 15.0 Å². The molecule has 0 saturated carbocycles. The van der Waals surface area contributed by atoms with Gasteiger partial charge in [0, 0.05) is 17.3 Å². The molecule has 104 valence electrons. The molecular weight excluding hydrogens is 266 g/mol. The first-order chi connectivity index (χ1) is 10.1. The number of nitrogens with zero attached hydrogens (tertiary/aromatic N) is 3. The average molecular weight is 279 g/mol. The molecule has 0 amide bonds. The lowest BCUT2D eigenvalue weighted by Gasteiger charge is -2.08. The van der Waals surface area contributed by atoms with Crippen molar-refractivity contribution in [1.82, 2.24) is 15.0 Å². The van der Waals surface area contributed by atoms with Gasteiger partial charge in [-0.2, -0.15) is 0 Å². The van der Waals surface area contributed by atoms with Crippen LogP contribution >= 0.6 is 0 Å². The molecule has 2 heterocycles. The summed E-state index contributed by atoms with van der Waals surface area (Å²) in [5.41, 5.74) is 13.9. The third-order valence-electron chi connectivity index (χ3n) is 3.01. The van der Waals surface area contributed by atoms with Gasteiger partial charge >= 0.3 is 0 Å². The molecule has 0 saturated heterocycles. The van der Waals surface area contributed by atoms with Crippen LogP contribution < -0.4 is 11.5 Å². The van der Waals surface area contributed by atoms with E-state index < -0.39 is 0 Å². The van der Waals surface area contributed by atoms with Crippen LogP contribution in [0.5, 0.6) is 5.75 Å². The molecule has 0 aliphatic heterocycles. The van der Waals surface area contributed by atoms with Gasteiger partial charge in [-0.1, -0.05) is 6.07 Å². The summed E-state index contributed by atoms with van der Waals surface area (Å²) in [4.78, 5) is 12.2. The van der Waals surface area contributed by atoms with E-state index in [1.807, 2.05) is 0 Å². The van der Waals surface area contributed by atoms with Gasteiger partial charge in [0.25, 0.3) is 0 Å². The van der Waals surface area contributed by atoms with Crippen molar-refractivity contribution in [3.05, 3.63) is 48.7 Å². The van der Waals surface area contributed by atoms with Crippen LogP contribution in [0.3, 0.4) is 0 Å². The predicted octanol–water partition coefficient (Wildman–Crippen LogP) is 2.08. The highest BCUT2D eigenvalue weighted by atomic mass is 16.3. The maximum Gasteiger partial charge on any atom is 0.220 e. The summed E-state index contributed by atoms with van der Waals surface area (Å²) in [6.07, 6.45) is 1.59. The van der Waals surface area contributed by atoms with Crippen LogP contribution in [0.4, 0.5) is 11.8 Å². The van der Waals surface area contributed by atoms with Crippen molar-refractivity contribution in [3.63, 3.8) is 0 Å². The minimum atomic E-state index is 0.124. The Balaban J connectivity index is 2.12. The molecule has 0 atom stereocenters. The van der Waals surface area contributed by atoms with Crippen molar-refractivity contribution >= 4 is 11.8 Å². The second kappa shape index (κ2) is 5.09. The van der Waals surface area contributed by atoms with Gasteiger partial charge in [0.1, 0.15) is 11.6 Å². The summed E-state index contributed by atoms with van der Waals surface area (Å²) in [6.45, 7) is 0. The average Bonchev–Trinajstić information content (AvgIpc) is 2.47. The largest absolute Gasteiger partial charge is 0.507 e. The summed E-state index contributed by atoms with van der Waals surface area (Å²) in [5, 5.41) is 10.0. The Bertz CT molecular complexity index is 804. The van der Waals surface area contributed by atoms with Gasteiger partial charge in [0.2, 0.25) is 5.95 Å². The summed E-state index contributed by atoms with van der Waals surface area (Å²) in [7, 11) is 0. The molecule has 21 heavy (non-hydrogen) atoms. The van der Waals surface area contributed by atoms with Gasteiger partial charge in [-0.05, 0) is 36.4 Å². The van der Waals surface area contributed by atoms with Crippen LogP contribution in [0.1, 0.15) is 0 Å². The van der Waals surface area contributed by atoms with Gasteiger partial charge < -0.3 is 16.6 Å². The van der Waals surface area contributed by atoms with E-state index in [4.69, 9.17) is 11.5 Å². The van der Waals surface area contributed by atoms with E-state index >= 15 is 0 Å². The molecule has 6 heteroatoms. The maximum atomic E-state index is 10.0. The second-order valence-corrected chi connectivity index (χ2v) is 4.48. The monoisotopic (exact) mass is 279 g/mol. The summed E-state index contributed by atoms with van der Waals surface area (Å²) in [5.74, 6) is 0.715. The van der Waals surface area contributed by atoms with Crippen LogP contribution in [-0.4, -0.2) is 20.1 Å². The zero-order valence-corrected chi connectivity index (χ0v) is 11.1. The third kappa shape index (κ3) is 2.59. The Morgan fingerprint density at radius 1 is 0.905 bits per heavy atom. The second-order valence-electron chi connectivity index (χ2n) is 4.48. The molecular formula is C15H13N5O. The van der Waals surface area contributed by atoms with Crippen LogP contribution in [0.25, 0.3) is 22.5 Å². The number of aromatic hydroxyl groups is 1. The first-order valence-electron chi connectivity index (χ1n) is 6.28. The van der Waals surface area contributed by atoms with Crippen LogP contribution in [0, 0.1) is 0 Å². The Kier molecular flexibility index (Phi) is 3.12. The first-order valence-corrected chi connectivity index (χ1v) is 6.28. The van der Waals surface area contributed by atoms with Gasteiger partial charge in [-0.15, -0.1) is 0 Å². The zero-order valence-electron chi connectivity index (χ0n) is 11.1. The lowest BCUT2D eigenvalue weighted by atomic mass is 10.0. The lowest BCUT2D eigenvalue weighted by molar-refractivity contribution is 0.477. The number of rotatable bonds is 2. The van der Waals surface area contributed by atoms with Crippen molar-refractivity contribution in [2.45, 2.75) is 0 Å². The number of hydrogen-bond acceptors (Lipinski definition) is 6. The molecule has 1 aromatic carbocycles. The minimum Gasteiger partial charge on any atom is -0.507 e. The molecule has 0 radical (unpaired) electrons. The lowest BCUT2D eigenvalue weighted by Crippen LogP contribution is -1.96. The molecule has 3 aromatic rings. The summed E-state index contributed by atoms with van der Waals surface area (Å²) in [6, 6.07) is 12.1. The van der Waals surface area contributed by atoms with Crippen molar-refractivity contribution in [2.24, 2.45) is 0 Å². The molecule has 0 aliphatic carbocycles. The maximum absolute atomic E-state index is 10.0. The predicted molar refractivity (Wildman–Crippen MR) is 81.2 cm³/mol. The van der Waals surface area contributed by atoms with Crippen LogP contribution in [-0.2, 0) is 0 Å². The smallest absolute Gasteiger partial charge is 0.220 e. The number of anilines is 2. The molecule has 2 aromatic heterocycles. The SMILES string of the molecule is Nc1cccc(-c2cc(-c3ccnc(N)n3)ccc2O)n1. The first kappa shape index (κ1) is 12.9. The van der Waals surface area contributed by atoms with Gasteiger partial charge in [-0.25, -0.2) is 15.0 Å². The minimum absolute atomic E-state index is 0.124. The van der Waals surface area contributed by atoms with Crippen molar-refractivity contribution in [1.29, 1.82) is 0 Å². The third-order valence-corrected chi connectivity index (χ3v) is 3.01. The summed E-state index contributed by atoms with van der Waals surface area (Å²) >= 11 is 0. The number of nitrogens with two attached hydrogens (primary N) is 2. The number of benzene rings is 1. The molecule has 0 aliphatic rings. The number of nitrogen functional groups attached to an aromatic ring is 2. The Hall–Kier alpha value is -3.15. The molecule has 0 fully saturated rings. The quantitative estimate of drug-likeness (QED) is 0.662. The molecule has 0 spiro atoms. The van der Waals surface area contributed by atoms with E-state index in [0.29, 0.717) is 22.8 Å². The number of phenolic OH excluding ortho intramolecular Hbond substituents is 1. The highest BCUT2D eigenvalue weighted by molar-refractivity contribution is 5.75. The fourth-order valence-corrected chi connectivity index (χ4v) is 2.04. The number of phenols is 1. The molecule has 0 bridgehead atoms. The molecule has 3 rings (SSSR count). The highest BCUT2D eigenvalue weighted by Crippen LogP contribution is 2.32. The Morgan fingerprint density at radius 3 is 2.52 bits per heavy atom. The van der Waals surface area contributed by atoms with E-state index in [-0.39, 0.29) is 11.7 Å². The van der Waals surface area contributed by atoms with Crippen LogP contribution in [0.2, 0.25) is 0 Å². The van der Waals surface area contributed by atoms with Crippen molar-refractivity contribution in [2.75, 3.05) is 11.5 Å². The Morgan fingerprint density at radius 2 is 1.76 bits per heavy atom. The molecule has 6 nitrogen and oxygen atoms in total. The fraction of sp³-hybridized carbons (Fsp3) is 0. The highest BCUT2D eigenvalue weighted by Gasteiger charge is 2.09. The normalized spacial score (nSPS) is 10.5. The van der Waals surface area contributed by atoms with Crippen LogP contribution in [0.15, 0.2) is 48.7 Å². The fourth-order valence-electron chi connectivity index (χ4n) is 2.04. The van der Waals surface area contributed by atoms with E-state index in [9.17, 15) is 5.11 Å². The van der Waals surface area contributed by atoms with Gasteiger partial charge in [0.15, 0.2) is 0 Å². The Labute approximate surface area is 121 Å². The standard InChI is InChI=1S/C15H13N5O/c16-14-3-1-2-12(19-14)10-8-9(4-5-13(10)21)11-6-7-18-15(17)20-11/h1-8,21H,(H2,16,19)(H2,17,18,20). The van der Waals surface area contributed by atoms with E-state index in [1.165, 1.54) is 0 Å². The molecule has 0 unspecified atom stereocenters. The topological polar surface area (TPSA) is 111 Å². The number of pyridine rings is 1. The summed E-state index contributed by atoms with van der Waals surface area (Å²) < 4.78 is 0.